The van der Waals surface area contributed by atoms with Gasteiger partial charge in [-0.05, 0) is 36.3 Å². The molecule has 1 rings (SSSR count). The molecule has 0 amide bonds. The minimum Gasteiger partial charge on any atom is -0.329 e. The zero-order valence-electron chi connectivity index (χ0n) is 7.81. The average molecular weight is 207 g/mol. The molecular weight excluding hydrogens is 194 g/mol. The van der Waals surface area contributed by atoms with E-state index in [1.165, 1.54) is 0 Å². The van der Waals surface area contributed by atoms with Crippen LogP contribution in [-0.2, 0) is 6.42 Å². The Morgan fingerprint density at radius 1 is 1.36 bits per heavy atom. The van der Waals surface area contributed by atoms with Crippen molar-refractivity contribution < 1.29 is 0 Å². The minimum absolute atomic E-state index is 0.0230. The summed E-state index contributed by atoms with van der Waals surface area (Å²) < 4.78 is 0. The summed E-state index contributed by atoms with van der Waals surface area (Å²) >= 11 is 4.50. The van der Waals surface area contributed by atoms with Gasteiger partial charge in [0.25, 0.3) is 0 Å². The van der Waals surface area contributed by atoms with E-state index in [-0.39, 0.29) is 6.04 Å². The van der Waals surface area contributed by atoms with Crippen LogP contribution in [0.15, 0.2) is 29.3 Å². The van der Waals surface area contributed by atoms with Gasteiger partial charge in [0.2, 0.25) is 0 Å². The molecule has 4 heteroatoms. The van der Waals surface area contributed by atoms with Gasteiger partial charge >= 0.3 is 0 Å². The number of nitrogens with two attached hydrogens (primary N) is 2. The highest BCUT2D eigenvalue weighted by Crippen LogP contribution is 2.12. The van der Waals surface area contributed by atoms with Crippen molar-refractivity contribution in [3.63, 3.8) is 0 Å². The number of aliphatic imine (C=N–C) groups is 1. The van der Waals surface area contributed by atoms with Crippen LogP contribution in [0.1, 0.15) is 5.56 Å². The molecule has 0 heterocycles. The molecule has 0 aliphatic rings. The van der Waals surface area contributed by atoms with E-state index in [0.717, 1.165) is 17.7 Å². The first-order valence-electron chi connectivity index (χ1n) is 4.38. The van der Waals surface area contributed by atoms with Crippen molar-refractivity contribution in [1.82, 2.24) is 0 Å². The normalized spacial score (nSPS) is 11.9. The third-order valence-corrected chi connectivity index (χ3v) is 2.00. The van der Waals surface area contributed by atoms with Crippen molar-refractivity contribution in [2.45, 2.75) is 12.5 Å². The number of thiocarbonyl (C=S) groups is 1. The second kappa shape index (κ2) is 5.62. The molecule has 0 radical (unpaired) electrons. The quantitative estimate of drug-likeness (QED) is 0.577. The lowest BCUT2D eigenvalue weighted by Gasteiger charge is -2.07. The third-order valence-electron chi connectivity index (χ3n) is 1.91. The number of rotatable bonds is 4. The predicted molar refractivity (Wildman–Crippen MR) is 61.9 cm³/mol. The molecule has 0 fully saturated rings. The van der Waals surface area contributed by atoms with Crippen molar-refractivity contribution >= 4 is 23.1 Å². The smallest absolute Gasteiger partial charge is 0.0739 e. The van der Waals surface area contributed by atoms with Crippen molar-refractivity contribution in [2.24, 2.45) is 16.5 Å². The molecule has 0 spiro atoms. The minimum atomic E-state index is 0.0230. The van der Waals surface area contributed by atoms with Gasteiger partial charge in [0.15, 0.2) is 0 Å². The number of benzene rings is 1. The number of nitrogens with zero attached hydrogens (tertiary/aromatic N) is 1. The zero-order valence-corrected chi connectivity index (χ0v) is 8.63. The Morgan fingerprint density at radius 2 is 2.00 bits per heavy atom. The molecule has 0 aromatic heterocycles. The summed E-state index contributed by atoms with van der Waals surface area (Å²) in [5.41, 5.74) is 13.1. The van der Waals surface area contributed by atoms with Gasteiger partial charge in [-0.25, -0.2) is 0 Å². The van der Waals surface area contributed by atoms with Gasteiger partial charge in [-0.2, -0.15) is 4.99 Å². The van der Waals surface area contributed by atoms with E-state index in [9.17, 15) is 0 Å². The fourth-order valence-corrected chi connectivity index (χ4v) is 1.25. The van der Waals surface area contributed by atoms with E-state index in [1.54, 1.807) is 0 Å². The largest absolute Gasteiger partial charge is 0.329 e. The van der Waals surface area contributed by atoms with Crippen LogP contribution >= 0.6 is 12.2 Å². The van der Waals surface area contributed by atoms with Gasteiger partial charge in [-0.3, -0.25) is 0 Å². The third kappa shape index (κ3) is 3.36. The first kappa shape index (κ1) is 11.0. The van der Waals surface area contributed by atoms with Crippen LogP contribution in [0.3, 0.4) is 0 Å². The monoisotopic (exact) mass is 207 g/mol. The van der Waals surface area contributed by atoms with Crippen LogP contribution in [0.5, 0.6) is 0 Å². The summed E-state index contributed by atoms with van der Waals surface area (Å²) in [4.78, 5) is 3.86. The molecule has 14 heavy (non-hydrogen) atoms. The van der Waals surface area contributed by atoms with Crippen molar-refractivity contribution in [1.29, 1.82) is 0 Å². The Bertz CT molecular complexity index is 328. The second-order valence-electron chi connectivity index (χ2n) is 3.07. The Morgan fingerprint density at radius 3 is 2.50 bits per heavy atom. The Kier molecular flexibility index (Phi) is 4.43. The highest BCUT2D eigenvalue weighted by molar-refractivity contribution is 7.78. The fourth-order valence-electron chi connectivity index (χ4n) is 1.15. The molecular formula is C10H13N3S. The van der Waals surface area contributed by atoms with E-state index in [2.05, 4.69) is 22.4 Å². The summed E-state index contributed by atoms with van der Waals surface area (Å²) in [6.07, 6.45) is 0.790. The summed E-state index contributed by atoms with van der Waals surface area (Å²) in [6.45, 7) is 0.500. The molecule has 1 unspecified atom stereocenters. The molecule has 0 aliphatic carbocycles. The predicted octanol–water partition coefficient (Wildman–Crippen LogP) is 1.25. The maximum absolute atomic E-state index is 5.72. The molecule has 0 saturated heterocycles. The van der Waals surface area contributed by atoms with Crippen LogP contribution in [0, 0.1) is 0 Å². The molecule has 4 N–H and O–H groups in total. The Labute approximate surface area is 88.8 Å². The van der Waals surface area contributed by atoms with Gasteiger partial charge in [-0.1, -0.05) is 12.1 Å². The Balaban J connectivity index is 2.68. The molecule has 1 aromatic rings. The van der Waals surface area contributed by atoms with Gasteiger partial charge in [0.05, 0.1) is 10.8 Å². The van der Waals surface area contributed by atoms with E-state index in [4.69, 9.17) is 11.5 Å². The highest BCUT2D eigenvalue weighted by Gasteiger charge is 2.00. The highest BCUT2D eigenvalue weighted by atomic mass is 32.1. The lowest BCUT2D eigenvalue weighted by molar-refractivity contribution is 0.679. The lowest BCUT2D eigenvalue weighted by Crippen LogP contribution is -2.31. The first-order valence-corrected chi connectivity index (χ1v) is 4.79. The van der Waals surface area contributed by atoms with Crippen molar-refractivity contribution in [3.05, 3.63) is 29.8 Å². The average Bonchev–Trinajstić information content (AvgIpc) is 2.21. The summed E-state index contributed by atoms with van der Waals surface area (Å²) in [5, 5.41) is 2.32. The molecule has 74 valence electrons. The van der Waals surface area contributed by atoms with Crippen LogP contribution in [0.25, 0.3) is 0 Å². The van der Waals surface area contributed by atoms with Crippen LogP contribution < -0.4 is 11.5 Å². The summed E-state index contributed by atoms with van der Waals surface area (Å²) in [6, 6.07) is 7.74. The zero-order chi connectivity index (χ0) is 10.4. The van der Waals surface area contributed by atoms with Gasteiger partial charge in [0, 0.05) is 12.6 Å². The fraction of sp³-hybridized carbons (Fsp3) is 0.300. The molecule has 0 bridgehead atoms. The standard InChI is InChI=1S/C10H13N3S/c11-6-9(12)5-8-1-3-10(4-2-8)13-7-14/h1-4,9H,5-6,11-12H2. The SMILES string of the molecule is NCC(N)Cc1ccc(N=C=S)cc1. The van der Waals surface area contributed by atoms with E-state index >= 15 is 0 Å². The van der Waals surface area contributed by atoms with E-state index in [1.807, 2.05) is 24.3 Å². The van der Waals surface area contributed by atoms with Crippen LogP contribution in [0.4, 0.5) is 5.69 Å². The molecule has 0 saturated carbocycles. The topological polar surface area (TPSA) is 64.4 Å². The maximum Gasteiger partial charge on any atom is 0.0739 e. The van der Waals surface area contributed by atoms with Crippen molar-refractivity contribution in [3.8, 4) is 0 Å². The molecule has 1 aromatic carbocycles. The first-order chi connectivity index (χ1) is 6.76. The summed E-state index contributed by atoms with van der Waals surface area (Å²) in [7, 11) is 0. The van der Waals surface area contributed by atoms with Crippen LogP contribution in [-0.4, -0.2) is 17.7 Å². The van der Waals surface area contributed by atoms with Crippen molar-refractivity contribution in [2.75, 3.05) is 6.54 Å². The van der Waals surface area contributed by atoms with E-state index in [0.29, 0.717) is 6.54 Å². The van der Waals surface area contributed by atoms with E-state index < -0.39 is 0 Å². The number of isothiocyanates is 1. The second-order valence-corrected chi connectivity index (χ2v) is 3.25. The summed E-state index contributed by atoms with van der Waals surface area (Å²) in [5.74, 6) is 0. The molecule has 1 atom stereocenters. The molecule has 0 aliphatic heterocycles. The van der Waals surface area contributed by atoms with Crippen LogP contribution in [0.2, 0.25) is 0 Å². The Hall–Kier alpha value is -1.06. The van der Waals surface area contributed by atoms with Gasteiger partial charge in [0.1, 0.15) is 0 Å². The maximum atomic E-state index is 5.72. The number of hydrogen-bond acceptors (Lipinski definition) is 4. The van der Waals surface area contributed by atoms with Gasteiger partial charge < -0.3 is 11.5 Å². The number of hydrogen-bond donors (Lipinski definition) is 2. The van der Waals surface area contributed by atoms with Gasteiger partial charge in [-0.15, -0.1) is 0 Å². The molecule has 3 nitrogen and oxygen atoms in total. The lowest BCUT2D eigenvalue weighted by atomic mass is 10.1.